The van der Waals surface area contributed by atoms with Crippen molar-refractivity contribution in [2.75, 3.05) is 13.1 Å². The Morgan fingerprint density at radius 1 is 1.26 bits per heavy atom. The van der Waals surface area contributed by atoms with Crippen LogP contribution in [0.15, 0.2) is 24.3 Å². The molecule has 2 atom stereocenters. The van der Waals surface area contributed by atoms with Crippen LogP contribution in [0, 0.1) is 0 Å². The van der Waals surface area contributed by atoms with Gasteiger partial charge in [0.05, 0.1) is 12.2 Å². The monoisotopic (exact) mass is 301 g/mol. The Bertz CT molecular complexity index is 509. The van der Waals surface area contributed by atoms with Crippen LogP contribution in [0.25, 0.3) is 6.08 Å². The van der Waals surface area contributed by atoms with Crippen LogP contribution in [0.4, 0.5) is 0 Å². The maximum atomic E-state index is 11.8. The van der Waals surface area contributed by atoms with E-state index in [4.69, 9.17) is 23.2 Å². The number of hydrogen-bond acceptors (Lipinski definition) is 3. The summed E-state index contributed by atoms with van der Waals surface area (Å²) in [5.74, 6) is -0.276. The summed E-state index contributed by atoms with van der Waals surface area (Å²) >= 11 is 11.8. The van der Waals surface area contributed by atoms with Gasteiger partial charge in [0.15, 0.2) is 0 Å². The molecule has 0 aromatic heterocycles. The number of carbonyl (C=O) groups excluding carboxylic acids is 1. The molecule has 102 valence electrons. The summed E-state index contributed by atoms with van der Waals surface area (Å²) < 4.78 is 0. The molecule has 0 radical (unpaired) electrons. The second kappa shape index (κ2) is 5.92. The quantitative estimate of drug-likeness (QED) is 0.815. The zero-order valence-electron chi connectivity index (χ0n) is 9.96. The lowest BCUT2D eigenvalue weighted by Crippen LogP contribution is -2.27. The average molecular weight is 302 g/mol. The molecule has 0 unspecified atom stereocenters. The summed E-state index contributed by atoms with van der Waals surface area (Å²) in [5, 5.41) is 19.7. The number of nitrogens with zero attached hydrogens (tertiary/aromatic N) is 1. The van der Waals surface area contributed by atoms with Gasteiger partial charge in [-0.25, -0.2) is 0 Å². The van der Waals surface area contributed by atoms with Gasteiger partial charge in [0.2, 0.25) is 5.91 Å². The first-order valence-electron chi connectivity index (χ1n) is 5.75. The smallest absolute Gasteiger partial charge is 0.246 e. The summed E-state index contributed by atoms with van der Waals surface area (Å²) in [5.41, 5.74) is 0.680. The van der Waals surface area contributed by atoms with Gasteiger partial charge in [-0.3, -0.25) is 4.79 Å². The number of halogens is 2. The maximum Gasteiger partial charge on any atom is 0.246 e. The zero-order valence-corrected chi connectivity index (χ0v) is 11.5. The summed E-state index contributed by atoms with van der Waals surface area (Å²) in [7, 11) is 0. The molecule has 0 spiro atoms. The maximum absolute atomic E-state index is 11.8. The number of likely N-dealkylation sites (tertiary alicyclic amines) is 1. The van der Waals surface area contributed by atoms with Crippen molar-refractivity contribution in [3.63, 3.8) is 0 Å². The van der Waals surface area contributed by atoms with Crippen molar-refractivity contribution in [1.29, 1.82) is 0 Å². The molecule has 1 aliphatic rings. The molecule has 0 aliphatic carbocycles. The zero-order chi connectivity index (χ0) is 14.0. The molecule has 6 heteroatoms. The molecule has 1 aliphatic heterocycles. The van der Waals surface area contributed by atoms with Crippen molar-refractivity contribution >= 4 is 35.2 Å². The highest BCUT2D eigenvalue weighted by Gasteiger charge is 2.31. The van der Waals surface area contributed by atoms with Crippen molar-refractivity contribution < 1.29 is 15.0 Å². The van der Waals surface area contributed by atoms with Crippen molar-refractivity contribution in [2.45, 2.75) is 12.2 Å². The number of amides is 1. The lowest BCUT2D eigenvalue weighted by Gasteiger charge is -2.12. The predicted octanol–water partition coefficient (Wildman–Crippen LogP) is 1.57. The third kappa shape index (κ3) is 3.48. The SMILES string of the molecule is O=C(C=Cc1ccc(Cl)cc1Cl)N1C[C@@H](O)[C@@H](O)C1. The highest BCUT2D eigenvalue weighted by molar-refractivity contribution is 6.35. The minimum Gasteiger partial charge on any atom is -0.388 e. The lowest BCUT2D eigenvalue weighted by molar-refractivity contribution is -0.125. The highest BCUT2D eigenvalue weighted by Crippen LogP contribution is 2.22. The first-order valence-corrected chi connectivity index (χ1v) is 6.51. The number of benzene rings is 1. The van der Waals surface area contributed by atoms with Crippen LogP contribution in [-0.4, -0.2) is 46.3 Å². The molecule has 1 aromatic carbocycles. The molecule has 19 heavy (non-hydrogen) atoms. The summed E-state index contributed by atoms with van der Waals surface area (Å²) in [6.45, 7) is 0.275. The Labute approximate surface area is 120 Å². The van der Waals surface area contributed by atoms with Crippen LogP contribution in [-0.2, 0) is 4.79 Å². The largest absolute Gasteiger partial charge is 0.388 e. The van der Waals surface area contributed by atoms with E-state index in [0.29, 0.717) is 15.6 Å². The van der Waals surface area contributed by atoms with E-state index in [1.165, 1.54) is 11.0 Å². The van der Waals surface area contributed by atoms with E-state index in [1.54, 1.807) is 24.3 Å². The van der Waals surface area contributed by atoms with E-state index < -0.39 is 12.2 Å². The van der Waals surface area contributed by atoms with Crippen molar-refractivity contribution in [3.8, 4) is 0 Å². The Hall–Kier alpha value is -1.07. The van der Waals surface area contributed by atoms with Crippen molar-refractivity contribution in [1.82, 2.24) is 4.90 Å². The number of carbonyl (C=O) groups is 1. The van der Waals surface area contributed by atoms with E-state index in [0.717, 1.165) is 0 Å². The van der Waals surface area contributed by atoms with Crippen LogP contribution in [0.1, 0.15) is 5.56 Å². The molecular weight excluding hydrogens is 289 g/mol. The minimum atomic E-state index is -0.878. The molecule has 1 amide bonds. The van der Waals surface area contributed by atoms with Crippen molar-refractivity contribution in [2.24, 2.45) is 0 Å². The first kappa shape index (κ1) is 14.3. The first-order chi connectivity index (χ1) is 8.97. The molecule has 0 bridgehead atoms. The number of aliphatic hydroxyl groups is 2. The second-order valence-electron chi connectivity index (χ2n) is 4.38. The van der Waals surface area contributed by atoms with Gasteiger partial charge < -0.3 is 15.1 Å². The van der Waals surface area contributed by atoms with Gasteiger partial charge in [-0.05, 0) is 23.8 Å². The Kier molecular flexibility index (Phi) is 4.47. The van der Waals surface area contributed by atoms with Gasteiger partial charge in [0.25, 0.3) is 0 Å². The number of hydrogen-bond donors (Lipinski definition) is 2. The molecule has 2 N–H and O–H groups in total. The third-order valence-electron chi connectivity index (χ3n) is 2.94. The fraction of sp³-hybridized carbons (Fsp3) is 0.308. The summed E-state index contributed by atoms with van der Waals surface area (Å²) in [6.07, 6.45) is 1.19. The molecule has 1 aromatic rings. The van der Waals surface area contributed by atoms with E-state index in [2.05, 4.69) is 0 Å². The van der Waals surface area contributed by atoms with Gasteiger partial charge >= 0.3 is 0 Å². The van der Waals surface area contributed by atoms with Crippen LogP contribution in [0.3, 0.4) is 0 Å². The van der Waals surface area contributed by atoms with E-state index in [1.807, 2.05) is 0 Å². The van der Waals surface area contributed by atoms with Crippen LogP contribution in [0.2, 0.25) is 10.0 Å². The Balaban J connectivity index is 2.04. The van der Waals surface area contributed by atoms with Crippen LogP contribution < -0.4 is 0 Å². The molecule has 0 saturated carbocycles. The second-order valence-corrected chi connectivity index (χ2v) is 5.22. The third-order valence-corrected chi connectivity index (χ3v) is 3.50. The average Bonchev–Trinajstić information content (AvgIpc) is 2.68. The van der Waals surface area contributed by atoms with Gasteiger partial charge in [0.1, 0.15) is 0 Å². The van der Waals surface area contributed by atoms with Gasteiger partial charge in [0, 0.05) is 29.2 Å². The fourth-order valence-corrected chi connectivity index (χ4v) is 2.32. The topological polar surface area (TPSA) is 60.8 Å². The van der Waals surface area contributed by atoms with E-state index >= 15 is 0 Å². The minimum absolute atomic E-state index is 0.138. The standard InChI is InChI=1S/C13H13Cl2NO3/c14-9-3-1-8(10(15)5-9)2-4-13(19)16-6-11(17)12(18)7-16/h1-5,11-12,17-18H,6-7H2/t11-,12+. The molecule has 2 rings (SSSR count). The number of rotatable bonds is 2. The van der Waals surface area contributed by atoms with Crippen LogP contribution in [0.5, 0.6) is 0 Å². The van der Waals surface area contributed by atoms with Crippen molar-refractivity contribution in [3.05, 3.63) is 39.9 Å². The molecule has 1 saturated heterocycles. The number of aliphatic hydroxyl groups excluding tert-OH is 2. The highest BCUT2D eigenvalue weighted by atomic mass is 35.5. The normalized spacial score (nSPS) is 23.3. The molecular formula is C13H13Cl2NO3. The van der Waals surface area contributed by atoms with E-state index in [9.17, 15) is 15.0 Å². The van der Waals surface area contributed by atoms with Crippen LogP contribution >= 0.6 is 23.2 Å². The number of β-amino-alcohol motifs (C(OH)–C–C–N with tert-alkyl or cyclic N) is 2. The van der Waals surface area contributed by atoms with Gasteiger partial charge in [-0.1, -0.05) is 29.3 Å². The predicted molar refractivity (Wildman–Crippen MR) is 74.1 cm³/mol. The van der Waals surface area contributed by atoms with Gasteiger partial charge in [-0.2, -0.15) is 0 Å². The molecule has 4 nitrogen and oxygen atoms in total. The Morgan fingerprint density at radius 2 is 1.89 bits per heavy atom. The Morgan fingerprint density at radius 3 is 2.47 bits per heavy atom. The lowest BCUT2D eigenvalue weighted by atomic mass is 10.2. The summed E-state index contributed by atoms with van der Waals surface area (Å²) in [4.78, 5) is 13.2. The fourth-order valence-electron chi connectivity index (χ4n) is 1.85. The molecule has 1 fully saturated rings. The summed E-state index contributed by atoms with van der Waals surface area (Å²) in [6, 6.07) is 4.99. The van der Waals surface area contributed by atoms with E-state index in [-0.39, 0.29) is 19.0 Å². The molecule has 1 heterocycles. The van der Waals surface area contributed by atoms with Gasteiger partial charge in [-0.15, -0.1) is 0 Å².